The molecule has 9 aromatic carbocycles. The van der Waals surface area contributed by atoms with Gasteiger partial charge in [0, 0.05) is 27.5 Å². The lowest BCUT2D eigenvalue weighted by Gasteiger charge is -2.40. The van der Waals surface area contributed by atoms with Crippen molar-refractivity contribution in [3.63, 3.8) is 0 Å². The van der Waals surface area contributed by atoms with Crippen molar-refractivity contribution >= 4 is 86.9 Å². The molecule has 0 bridgehead atoms. The molecular formula is C57H48N2Si2. The van der Waals surface area contributed by atoms with Crippen LogP contribution in [-0.4, -0.2) is 20.7 Å². The second kappa shape index (κ2) is 12.8. The second-order valence-corrected chi connectivity index (χ2v) is 29.5. The third-order valence-corrected chi connectivity index (χ3v) is 18.0. The van der Waals surface area contributed by atoms with Gasteiger partial charge in [-0.05, 0) is 92.0 Å². The van der Waals surface area contributed by atoms with Crippen LogP contribution < -0.4 is 15.3 Å². The molecule has 2 heterocycles. The third-order valence-electron chi connectivity index (χ3n) is 13.9. The Kier molecular flexibility index (Phi) is 7.62. The maximum Gasteiger partial charge on any atom is 0.0775 e. The van der Waals surface area contributed by atoms with Crippen molar-refractivity contribution in [3.8, 4) is 16.8 Å². The van der Waals surface area contributed by atoms with Crippen LogP contribution >= 0.6 is 0 Å². The fourth-order valence-electron chi connectivity index (χ4n) is 11.0. The molecule has 0 fully saturated rings. The molecule has 12 rings (SSSR count). The molecule has 294 valence electrons. The van der Waals surface area contributed by atoms with Gasteiger partial charge in [0.25, 0.3) is 0 Å². The van der Waals surface area contributed by atoms with E-state index in [0.29, 0.717) is 0 Å². The van der Waals surface area contributed by atoms with Crippen molar-refractivity contribution in [1.29, 1.82) is 0 Å². The maximum absolute atomic E-state index is 2.60. The molecule has 61 heavy (non-hydrogen) atoms. The van der Waals surface area contributed by atoms with E-state index in [9.17, 15) is 0 Å². The smallest absolute Gasteiger partial charge is 0.0775 e. The highest BCUT2D eigenvalue weighted by molar-refractivity contribution is 6.89. The molecule has 0 saturated carbocycles. The van der Waals surface area contributed by atoms with E-state index in [1.807, 2.05) is 0 Å². The quantitative estimate of drug-likeness (QED) is 0.157. The number of nitrogens with zero attached hydrogens (tertiary/aromatic N) is 2. The standard InChI is InChI=1S/C57H48N2Si2/c1-60(2,3)40-31-27-38(28-32-40)58(39-29-33-41(34-30-39)61(4,5)6)53-36-50-55(45-20-10-9-18-43(45)53)54-42-17-8-7-16-37(42)26-35-48(54)57(50)47-22-12-14-25-52(47)59-51-24-13-11-19-44(51)46-21-15-23-49(57)56(46)59/h7-36H,1-6H3. The second-order valence-electron chi connectivity index (χ2n) is 19.3. The summed E-state index contributed by atoms with van der Waals surface area (Å²) in [6.45, 7) is 14.6. The lowest BCUT2D eigenvalue weighted by Crippen LogP contribution is -2.37. The van der Waals surface area contributed by atoms with E-state index >= 15 is 0 Å². The van der Waals surface area contributed by atoms with Crippen LogP contribution in [0.25, 0.3) is 60.2 Å². The first-order valence-corrected chi connectivity index (χ1v) is 28.8. The minimum atomic E-state index is -1.54. The van der Waals surface area contributed by atoms with Crippen LogP contribution in [0.1, 0.15) is 22.3 Å². The molecule has 1 aromatic heterocycles. The van der Waals surface area contributed by atoms with E-state index in [1.165, 1.54) is 110 Å². The van der Waals surface area contributed by atoms with Gasteiger partial charge in [0.2, 0.25) is 0 Å². The van der Waals surface area contributed by atoms with E-state index in [4.69, 9.17) is 0 Å². The molecule has 4 heteroatoms. The number of aromatic nitrogens is 1. The van der Waals surface area contributed by atoms with Crippen LogP contribution in [0.3, 0.4) is 0 Å². The SMILES string of the molecule is C[Si](C)(C)c1ccc(N(c2ccc([Si](C)(C)C)cc2)c2cc3c(c4ccccc24)-c2c(ccc4ccccc24)C32c3ccccc3-n3c4ccccc4c4cccc2c43)cc1. The van der Waals surface area contributed by atoms with E-state index in [2.05, 4.69) is 231 Å². The van der Waals surface area contributed by atoms with Crippen molar-refractivity contribution in [2.24, 2.45) is 0 Å². The monoisotopic (exact) mass is 816 g/mol. The van der Waals surface area contributed by atoms with Gasteiger partial charge in [-0.15, -0.1) is 0 Å². The minimum absolute atomic E-state index is 0.594. The molecule has 0 saturated heterocycles. The molecule has 1 atom stereocenters. The van der Waals surface area contributed by atoms with Crippen molar-refractivity contribution in [3.05, 3.63) is 204 Å². The third kappa shape index (κ3) is 5.01. The number of hydrogen-bond acceptors (Lipinski definition) is 1. The first kappa shape index (κ1) is 36.4. The summed E-state index contributed by atoms with van der Waals surface area (Å²) in [6.07, 6.45) is 0. The Morgan fingerprint density at radius 1 is 0.410 bits per heavy atom. The van der Waals surface area contributed by atoms with Gasteiger partial charge in [-0.25, -0.2) is 0 Å². The molecule has 2 nitrogen and oxygen atoms in total. The van der Waals surface area contributed by atoms with Crippen LogP contribution in [0.15, 0.2) is 182 Å². The zero-order chi connectivity index (χ0) is 41.4. The number of hydrogen-bond donors (Lipinski definition) is 0. The van der Waals surface area contributed by atoms with Crippen molar-refractivity contribution < 1.29 is 0 Å². The summed E-state index contributed by atoms with van der Waals surface area (Å²) in [5.41, 5.74) is 14.8. The van der Waals surface area contributed by atoms with E-state index in [1.54, 1.807) is 0 Å². The van der Waals surface area contributed by atoms with E-state index in [-0.39, 0.29) is 0 Å². The fraction of sp³-hybridized carbons (Fsp3) is 0.123. The maximum atomic E-state index is 2.60. The summed E-state index contributed by atoms with van der Waals surface area (Å²) in [5, 5.41) is 10.6. The summed E-state index contributed by atoms with van der Waals surface area (Å²) in [6, 6.07) is 70.0. The zero-order valence-electron chi connectivity index (χ0n) is 35.7. The Morgan fingerprint density at radius 2 is 0.951 bits per heavy atom. The summed E-state index contributed by atoms with van der Waals surface area (Å²) in [4.78, 5) is 2.55. The molecule has 10 aromatic rings. The van der Waals surface area contributed by atoms with Crippen LogP contribution in [0.5, 0.6) is 0 Å². The first-order valence-electron chi connectivity index (χ1n) is 21.8. The largest absolute Gasteiger partial charge is 0.310 e. The predicted molar refractivity (Wildman–Crippen MR) is 267 cm³/mol. The van der Waals surface area contributed by atoms with Gasteiger partial charge >= 0.3 is 0 Å². The normalized spacial score (nSPS) is 15.4. The fourth-order valence-corrected chi connectivity index (χ4v) is 13.4. The Labute approximate surface area is 360 Å². The van der Waals surface area contributed by atoms with Crippen molar-refractivity contribution in [2.45, 2.75) is 44.7 Å². The van der Waals surface area contributed by atoms with Gasteiger partial charge in [-0.1, -0.05) is 189 Å². The highest BCUT2D eigenvalue weighted by atomic mass is 28.3. The Balaban J connectivity index is 1.26. The highest BCUT2D eigenvalue weighted by Gasteiger charge is 2.52. The van der Waals surface area contributed by atoms with Gasteiger partial charge < -0.3 is 9.47 Å². The number of benzene rings is 9. The van der Waals surface area contributed by atoms with Crippen LogP contribution in [0.2, 0.25) is 39.3 Å². The van der Waals surface area contributed by atoms with Gasteiger partial charge in [0.1, 0.15) is 0 Å². The summed E-state index contributed by atoms with van der Waals surface area (Å²) >= 11 is 0. The number of fused-ring (bicyclic) bond motifs is 16. The molecule has 0 amide bonds. The van der Waals surface area contributed by atoms with E-state index in [0.717, 1.165) is 0 Å². The van der Waals surface area contributed by atoms with Crippen LogP contribution in [-0.2, 0) is 5.41 Å². The lowest BCUT2D eigenvalue weighted by molar-refractivity contribution is 0.749. The molecule has 1 spiro atoms. The Hall–Kier alpha value is -6.47. The molecular weight excluding hydrogens is 769 g/mol. The minimum Gasteiger partial charge on any atom is -0.310 e. The topological polar surface area (TPSA) is 8.17 Å². The molecule has 0 radical (unpaired) electrons. The van der Waals surface area contributed by atoms with Crippen molar-refractivity contribution in [1.82, 2.24) is 4.57 Å². The average Bonchev–Trinajstić information content (AvgIpc) is 3.77. The Morgan fingerprint density at radius 3 is 1.64 bits per heavy atom. The highest BCUT2D eigenvalue weighted by Crippen LogP contribution is 2.64. The van der Waals surface area contributed by atoms with Crippen LogP contribution in [0.4, 0.5) is 17.1 Å². The molecule has 2 aliphatic rings. The first-order chi connectivity index (χ1) is 29.5. The zero-order valence-corrected chi connectivity index (χ0v) is 37.7. The summed E-state index contributed by atoms with van der Waals surface area (Å²) < 4.78 is 2.55. The Bertz CT molecular complexity index is 3380. The summed E-state index contributed by atoms with van der Waals surface area (Å²) in [7, 11) is -3.07. The summed E-state index contributed by atoms with van der Waals surface area (Å²) in [5.74, 6) is 0. The van der Waals surface area contributed by atoms with Crippen LogP contribution in [0, 0.1) is 0 Å². The molecule has 1 unspecified atom stereocenters. The van der Waals surface area contributed by atoms with Crippen molar-refractivity contribution in [2.75, 3.05) is 4.90 Å². The van der Waals surface area contributed by atoms with Gasteiger partial charge in [0.05, 0.1) is 44.0 Å². The molecule has 0 N–H and O–H groups in total. The molecule has 1 aliphatic heterocycles. The number of rotatable bonds is 5. The predicted octanol–water partition coefficient (Wildman–Crippen LogP) is 14.3. The average molecular weight is 817 g/mol. The molecule has 1 aliphatic carbocycles. The lowest BCUT2D eigenvalue weighted by atomic mass is 9.65. The van der Waals surface area contributed by atoms with E-state index < -0.39 is 21.6 Å². The van der Waals surface area contributed by atoms with Gasteiger partial charge in [-0.2, -0.15) is 0 Å². The van der Waals surface area contributed by atoms with Gasteiger partial charge in [0.15, 0.2) is 0 Å². The number of para-hydroxylation sites is 3. The number of anilines is 3. The van der Waals surface area contributed by atoms with Gasteiger partial charge in [-0.3, -0.25) is 0 Å².